The summed E-state index contributed by atoms with van der Waals surface area (Å²) < 4.78 is 1.02. The number of rotatable bonds is 4. The van der Waals surface area contributed by atoms with Crippen molar-refractivity contribution in [3.05, 3.63) is 34.9 Å². The third kappa shape index (κ3) is 3.74. The van der Waals surface area contributed by atoms with E-state index in [4.69, 9.17) is 0 Å². The highest BCUT2D eigenvalue weighted by Crippen LogP contribution is 2.25. The summed E-state index contributed by atoms with van der Waals surface area (Å²) in [4.78, 5) is 4.56. The number of halogens is 1. The number of para-hydroxylation sites is 1. The molecule has 2 atom stereocenters. The van der Waals surface area contributed by atoms with Gasteiger partial charge in [0.05, 0.1) is 11.2 Å². The zero-order valence-corrected chi connectivity index (χ0v) is 14.0. The number of pyridine rings is 1. The van der Waals surface area contributed by atoms with E-state index in [9.17, 15) is 0 Å². The van der Waals surface area contributed by atoms with Crippen LogP contribution in [0, 0.1) is 0 Å². The van der Waals surface area contributed by atoms with E-state index in [-0.39, 0.29) is 0 Å². The summed E-state index contributed by atoms with van der Waals surface area (Å²) in [6.45, 7) is 3.43. The average molecular weight is 348 g/mol. The van der Waals surface area contributed by atoms with Crippen molar-refractivity contribution >= 4 is 32.5 Å². The standard InChI is InChI=1S/C17H22BrN3/c1-12(9-15-6-2-3-8-19-15)21-16-7-4-5-13-10-14(18)11-20-17(13)16/h4-5,7,10-12,15,19,21H,2-3,6,8-9H2,1H3. The SMILES string of the molecule is CC(CC1CCCCN1)Nc1cccc2cc(Br)cnc12. The van der Waals surface area contributed by atoms with Gasteiger partial charge in [-0.25, -0.2) is 0 Å². The van der Waals surface area contributed by atoms with Gasteiger partial charge in [0.25, 0.3) is 0 Å². The quantitative estimate of drug-likeness (QED) is 0.864. The van der Waals surface area contributed by atoms with Gasteiger partial charge in [0.1, 0.15) is 0 Å². The van der Waals surface area contributed by atoms with Crippen LogP contribution in [0.2, 0.25) is 0 Å². The Balaban J connectivity index is 1.71. The number of nitrogens with one attached hydrogen (secondary N) is 2. The van der Waals surface area contributed by atoms with Crippen LogP contribution in [0.15, 0.2) is 34.9 Å². The lowest BCUT2D eigenvalue weighted by Crippen LogP contribution is -2.37. The van der Waals surface area contributed by atoms with Gasteiger partial charge in [-0.05, 0) is 60.8 Å². The Kier molecular flexibility index (Phi) is 4.76. The van der Waals surface area contributed by atoms with Crippen molar-refractivity contribution in [3.63, 3.8) is 0 Å². The number of piperidine rings is 1. The van der Waals surface area contributed by atoms with Crippen molar-refractivity contribution in [2.75, 3.05) is 11.9 Å². The van der Waals surface area contributed by atoms with Crippen LogP contribution in [0.5, 0.6) is 0 Å². The molecule has 4 heteroatoms. The minimum atomic E-state index is 0.441. The van der Waals surface area contributed by atoms with Gasteiger partial charge in [0.2, 0.25) is 0 Å². The molecule has 2 aromatic rings. The van der Waals surface area contributed by atoms with Gasteiger partial charge >= 0.3 is 0 Å². The van der Waals surface area contributed by atoms with E-state index in [0.29, 0.717) is 12.1 Å². The smallest absolute Gasteiger partial charge is 0.0934 e. The number of hydrogen-bond acceptors (Lipinski definition) is 3. The Bertz CT molecular complexity index is 608. The third-order valence-corrected chi connectivity index (χ3v) is 4.56. The van der Waals surface area contributed by atoms with Gasteiger partial charge in [-0.2, -0.15) is 0 Å². The maximum atomic E-state index is 4.56. The Hall–Kier alpha value is -1.13. The van der Waals surface area contributed by atoms with Crippen molar-refractivity contribution in [2.24, 2.45) is 0 Å². The first-order valence-electron chi connectivity index (χ1n) is 7.76. The topological polar surface area (TPSA) is 37.0 Å². The lowest BCUT2D eigenvalue weighted by molar-refractivity contribution is 0.371. The molecule has 2 unspecified atom stereocenters. The summed E-state index contributed by atoms with van der Waals surface area (Å²) in [6.07, 6.45) is 7.00. The number of aromatic nitrogens is 1. The second-order valence-corrected chi connectivity index (χ2v) is 6.87. The molecule has 1 aromatic carbocycles. The fourth-order valence-electron chi connectivity index (χ4n) is 3.13. The first-order valence-corrected chi connectivity index (χ1v) is 8.56. The number of anilines is 1. The van der Waals surface area contributed by atoms with Crippen molar-refractivity contribution in [1.82, 2.24) is 10.3 Å². The monoisotopic (exact) mass is 347 g/mol. The van der Waals surface area contributed by atoms with Crippen LogP contribution < -0.4 is 10.6 Å². The van der Waals surface area contributed by atoms with E-state index in [1.165, 1.54) is 25.8 Å². The molecule has 1 aliphatic rings. The zero-order valence-electron chi connectivity index (χ0n) is 12.4. The van der Waals surface area contributed by atoms with Crippen LogP contribution in [-0.2, 0) is 0 Å². The molecule has 3 rings (SSSR count). The summed E-state index contributed by atoms with van der Waals surface area (Å²) >= 11 is 3.48. The summed E-state index contributed by atoms with van der Waals surface area (Å²) in [5.41, 5.74) is 2.17. The van der Waals surface area contributed by atoms with Crippen LogP contribution in [0.25, 0.3) is 10.9 Å². The molecule has 3 nitrogen and oxygen atoms in total. The minimum absolute atomic E-state index is 0.441. The van der Waals surface area contributed by atoms with Crippen molar-refractivity contribution in [3.8, 4) is 0 Å². The molecule has 0 radical (unpaired) electrons. The predicted molar refractivity (Wildman–Crippen MR) is 92.8 cm³/mol. The molecule has 0 spiro atoms. The van der Waals surface area contributed by atoms with E-state index in [1.807, 2.05) is 6.20 Å². The van der Waals surface area contributed by atoms with E-state index in [2.05, 4.69) is 62.7 Å². The molecular formula is C17H22BrN3. The van der Waals surface area contributed by atoms with Crippen LogP contribution in [0.4, 0.5) is 5.69 Å². The molecule has 1 aromatic heterocycles. The van der Waals surface area contributed by atoms with Gasteiger partial charge in [0, 0.05) is 28.1 Å². The molecule has 2 heterocycles. The Morgan fingerprint density at radius 1 is 1.43 bits per heavy atom. The fraction of sp³-hybridized carbons (Fsp3) is 0.471. The molecule has 0 bridgehead atoms. The first-order chi connectivity index (χ1) is 10.2. The number of hydrogen-bond donors (Lipinski definition) is 2. The maximum absolute atomic E-state index is 4.56. The highest BCUT2D eigenvalue weighted by molar-refractivity contribution is 9.10. The summed E-state index contributed by atoms with van der Waals surface area (Å²) in [6, 6.07) is 9.51. The largest absolute Gasteiger partial charge is 0.381 e. The maximum Gasteiger partial charge on any atom is 0.0934 e. The van der Waals surface area contributed by atoms with Crippen LogP contribution in [0.3, 0.4) is 0 Å². The molecular weight excluding hydrogens is 326 g/mol. The van der Waals surface area contributed by atoms with Crippen molar-refractivity contribution < 1.29 is 0 Å². The molecule has 0 aliphatic carbocycles. The van der Waals surface area contributed by atoms with Crippen molar-refractivity contribution in [2.45, 2.75) is 44.7 Å². The molecule has 1 aliphatic heterocycles. The van der Waals surface area contributed by atoms with Gasteiger partial charge in [-0.15, -0.1) is 0 Å². The fourth-order valence-corrected chi connectivity index (χ4v) is 3.48. The molecule has 0 saturated carbocycles. The average Bonchev–Trinajstić information content (AvgIpc) is 2.48. The Morgan fingerprint density at radius 2 is 2.33 bits per heavy atom. The Labute approximate surface area is 134 Å². The molecule has 2 N–H and O–H groups in total. The lowest BCUT2D eigenvalue weighted by Gasteiger charge is -2.27. The summed E-state index contributed by atoms with van der Waals surface area (Å²) in [5.74, 6) is 0. The summed E-state index contributed by atoms with van der Waals surface area (Å²) in [5, 5.41) is 8.42. The van der Waals surface area contributed by atoms with Gasteiger partial charge < -0.3 is 10.6 Å². The highest BCUT2D eigenvalue weighted by Gasteiger charge is 2.16. The second-order valence-electron chi connectivity index (χ2n) is 5.96. The lowest BCUT2D eigenvalue weighted by atomic mass is 9.98. The van der Waals surface area contributed by atoms with Crippen LogP contribution >= 0.6 is 15.9 Å². The van der Waals surface area contributed by atoms with E-state index < -0.39 is 0 Å². The number of nitrogens with zero attached hydrogens (tertiary/aromatic N) is 1. The van der Waals surface area contributed by atoms with Gasteiger partial charge in [-0.1, -0.05) is 18.6 Å². The molecule has 1 fully saturated rings. The van der Waals surface area contributed by atoms with E-state index in [0.717, 1.165) is 27.5 Å². The zero-order chi connectivity index (χ0) is 14.7. The van der Waals surface area contributed by atoms with Gasteiger partial charge in [-0.3, -0.25) is 4.98 Å². The second kappa shape index (κ2) is 6.75. The molecule has 0 amide bonds. The number of benzene rings is 1. The molecule has 1 saturated heterocycles. The first kappa shape index (κ1) is 14.8. The molecule has 112 valence electrons. The summed E-state index contributed by atoms with van der Waals surface area (Å²) in [7, 11) is 0. The van der Waals surface area contributed by atoms with Crippen molar-refractivity contribution in [1.29, 1.82) is 0 Å². The Morgan fingerprint density at radius 3 is 3.14 bits per heavy atom. The van der Waals surface area contributed by atoms with E-state index in [1.54, 1.807) is 0 Å². The predicted octanol–water partition coefficient (Wildman–Crippen LogP) is 4.33. The normalized spacial score (nSPS) is 20.4. The number of fused-ring (bicyclic) bond motifs is 1. The van der Waals surface area contributed by atoms with Crippen LogP contribution in [-0.4, -0.2) is 23.6 Å². The van der Waals surface area contributed by atoms with E-state index >= 15 is 0 Å². The third-order valence-electron chi connectivity index (χ3n) is 4.13. The minimum Gasteiger partial charge on any atom is -0.381 e. The van der Waals surface area contributed by atoms with Gasteiger partial charge in [0.15, 0.2) is 0 Å². The van der Waals surface area contributed by atoms with Crippen LogP contribution in [0.1, 0.15) is 32.6 Å². The molecule has 21 heavy (non-hydrogen) atoms. The highest BCUT2D eigenvalue weighted by atomic mass is 79.9.